The number of aromatic carboxylic acids is 1. The van der Waals surface area contributed by atoms with Crippen molar-refractivity contribution in [1.29, 1.82) is 0 Å². The predicted octanol–water partition coefficient (Wildman–Crippen LogP) is 3.57. The minimum Gasteiger partial charge on any atom is -0.478 e. The topological polar surface area (TPSA) is 86.7 Å². The molecule has 1 aliphatic heterocycles. The summed E-state index contributed by atoms with van der Waals surface area (Å²) in [5.74, 6) is -1.06. The maximum Gasteiger partial charge on any atom is 0.337 e. The number of hydrogen-bond donors (Lipinski definition) is 2. The number of hydrogen-bond acceptors (Lipinski definition) is 4. The molecule has 0 spiro atoms. The third-order valence-electron chi connectivity index (χ3n) is 4.48. The third-order valence-corrected chi connectivity index (χ3v) is 5.88. The van der Waals surface area contributed by atoms with Crippen molar-refractivity contribution < 1.29 is 18.3 Å². The lowest BCUT2D eigenvalue weighted by Gasteiger charge is -2.24. The van der Waals surface area contributed by atoms with E-state index in [-0.39, 0.29) is 16.1 Å². The monoisotopic (exact) mass is 374 g/mol. The second-order valence-corrected chi connectivity index (χ2v) is 8.04. The molecule has 3 rings (SSSR count). The molecule has 7 heteroatoms. The number of nitrogens with zero attached hydrogens (tertiary/aromatic N) is 1. The fourth-order valence-corrected chi connectivity index (χ4v) is 4.24. The lowest BCUT2D eigenvalue weighted by atomic mass is 10.1. The van der Waals surface area contributed by atoms with E-state index in [9.17, 15) is 18.3 Å². The van der Waals surface area contributed by atoms with Gasteiger partial charge in [0.2, 0.25) is 0 Å². The van der Waals surface area contributed by atoms with Crippen LogP contribution >= 0.6 is 0 Å². The van der Waals surface area contributed by atoms with Crippen LogP contribution in [0.25, 0.3) is 0 Å². The van der Waals surface area contributed by atoms with Crippen LogP contribution in [0, 0.1) is 0 Å². The van der Waals surface area contributed by atoms with Crippen molar-refractivity contribution in [1.82, 2.24) is 0 Å². The highest BCUT2D eigenvalue weighted by Crippen LogP contribution is 2.28. The van der Waals surface area contributed by atoms with E-state index < -0.39 is 16.0 Å². The van der Waals surface area contributed by atoms with Crippen molar-refractivity contribution in [3.05, 3.63) is 54.1 Å². The summed E-state index contributed by atoms with van der Waals surface area (Å²) >= 11 is 0. The van der Waals surface area contributed by atoms with Crippen molar-refractivity contribution in [2.45, 2.75) is 30.6 Å². The van der Waals surface area contributed by atoms with Gasteiger partial charge in [-0.15, -0.1) is 0 Å². The van der Waals surface area contributed by atoms with Crippen LogP contribution in [0.4, 0.5) is 11.4 Å². The van der Waals surface area contributed by atoms with Crippen molar-refractivity contribution in [2.24, 2.45) is 0 Å². The number of rotatable bonds is 5. The summed E-state index contributed by atoms with van der Waals surface area (Å²) in [6, 6.07) is 12.7. The van der Waals surface area contributed by atoms with Crippen molar-refractivity contribution in [3.8, 4) is 0 Å². The molecular formula is C19H22N2O4S. The molecule has 0 unspecified atom stereocenters. The normalized spacial score (nSPS) is 15.3. The van der Waals surface area contributed by atoms with Gasteiger partial charge in [0.1, 0.15) is 0 Å². The first-order valence-corrected chi connectivity index (χ1v) is 10.2. The van der Waals surface area contributed by atoms with Gasteiger partial charge in [-0.25, -0.2) is 13.2 Å². The van der Waals surface area contributed by atoms with Crippen LogP contribution < -0.4 is 9.62 Å². The molecule has 0 aromatic heterocycles. The van der Waals surface area contributed by atoms with Gasteiger partial charge < -0.3 is 10.0 Å². The number of sulfonamides is 1. The fourth-order valence-electron chi connectivity index (χ4n) is 3.17. The van der Waals surface area contributed by atoms with Crippen LogP contribution in [-0.2, 0) is 10.0 Å². The highest BCUT2D eigenvalue weighted by Gasteiger charge is 2.20. The van der Waals surface area contributed by atoms with Crippen LogP contribution in [0.5, 0.6) is 0 Å². The molecule has 1 aliphatic rings. The second-order valence-electron chi connectivity index (χ2n) is 6.36. The molecule has 0 radical (unpaired) electrons. The molecule has 2 N–H and O–H groups in total. The molecule has 26 heavy (non-hydrogen) atoms. The number of anilines is 2. The molecule has 0 atom stereocenters. The number of carboxylic acids is 1. The molecular weight excluding hydrogens is 352 g/mol. The van der Waals surface area contributed by atoms with Gasteiger partial charge in [-0.1, -0.05) is 31.0 Å². The number of benzene rings is 2. The SMILES string of the molecule is O=C(O)c1cc(NS(=O)(=O)c2ccccc2)ccc1N1CCCCCC1. The second kappa shape index (κ2) is 7.78. The maximum absolute atomic E-state index is 12.4. The van der Waals surface area contributed by atoms with E-state index in [0.29, 0.717) is 5.69 Å². The largest absolute Gasteiger partial charge is 0.478 e. The molecule has 138 valence electrons. The molecule has 1 heterocycles. The summed E-state index contributed by atoms with van der Waals surface area (Å²) in [5.41, 5.74) is 0.993. The summed E-state index contributed by atoms with van der Waals surface area (Å²) in [6.45, 7) is 1.63. The van der Waals surface area contributed by atoms with Crippen molar-refractivity contribution >= 4 is 27.4 Å². The summed E-state index contributed by atoms with van der Waals surface area (Å²) in [5, 5.41) is 9.60. The van der Waals surface area contributed by atoms with Gasteiger partial charge in [0.15, 0.2) is 0 Å². The average Bonchev–Trinajstić information content (AvgIpc) is 2.91. The Morgan fingerprint density at radius 3 is 2.23 bits per heavy atom. The van der Waals surface area contributed by atoms with E-state index in [4.69, 9.17) is 0 Å². The minimum absolute atomic E-state index is 0.111. The maximum atomic E-state index is 12.4. The van der Waals surface area contributed by atoms with Gasteiger partial charge in [-0.3, -0.25) is 4.72 Å². The fraction of sp³-hybridized carbons (Fsp3) is 0.316. The van der Waals surface area contributed by atoms with E-state index in [1.165, 1.54) is 18.2 Å². The molecule has 1 saturated heterocycles. The molecule has 2 aromatic carbocycles. The highest BCUT2D eigenvalue weighted by molar-refractivity contribution is 7.92. The highest BCUT2D eigenvalue weighted by atomic mass is 32.2. The van der Waals surface area contributed by atoms with Gasteiger partial charge in [-0.05, 0) is 43.2 Å². The van der Waals surface area contributed by atoms with E-state index in [0.717, 1.165) is 38.8 Å². The number of nitrogens with one attached hydrogen (secondary N) is 1. The Bertz CT molecular complexity index is 874. The van der Waals surface area contributed by atoms with E-state index in [1.807, 2.05) is 0 Å². The van der Waals surface area contributed by atoms with Gasteiger partial charge in [0.05, 0.1) is 16.1 Å². The van der Waals surface area contributed by atoms with Gasteiger partial charge in [0, 0.05) is 18.8 Å². The molecule has 2 aromatic rings. The first-order valence-electron chi connectivity index (χ1n) is 8.67. The first kappa shape index (κ1) is 18.3. The minimum atomic E-state index is -3.76. The number of carbonyl (C=O) groups is 1. The zero-order chi connectivity index (χ0) is 18.6. The summed E-state index contributed by atoms with van der Waals surface area (Å²) in [4.78, 5) is 13.9. The van der Waals surface area contributed by atoms with Crippen LogP contribution in [0.15, 0.2) is 53.4 Å². The third kappa shape index (κ3) is 4.16. The Labute approximate surface area is 153 Å². The van der Waals surface area contributed by atoms with Gasteiger partial charge in [-0.2, -0.15) is 0 Å². The van der Waals surface area contributed by atoms with E-state index in [2.05, 4.69) is 9.62 Å². The van der Waals surface area contributed by atoms with Gasteiger partial charge in [0.25, 0.3) is 10.0 Å². The van der Waals surface area contributed by atoms with Crippen LogP contribution in [0.3, 0.4) is 0 Å². The standard InChI is InChI=1S/C19H22N2O4S/c22-19(23)17-14-15(20-26(24,25)16-8-4-3-5-9-16)10-11-18(17)21-12-6-1-2-7-13-21/h3-5,8-11,14,20H,1-2,6-7,12-13H2,(H,22,23). The van der Waals surface area contributed by atoms with E-state index >= 15 is 0 Å². The molecule has 0 amide bonds. The number of carboxylic acid groups (broad SMARTS) is 1. The lowest BCUT2D eigenvalue weighted by Crippen LogP contribution is -2.26. The summed E-state index contributed by atoms with van der Waals surface area (Å²) in [7, 11) is -3.76. The zero-order valence-corrected chi connectivity index (χ0v) is 15.2. The summed E-state index contributed by atoms with van der Waals surface area (Å²) < 4.78 is 27.4. The smallest absolute Gasteiger partial charge is 0.337 e. The Morgan fingerprint density at radius 2 is 1.62 bits per heavy atom. The van der Waals surface area contributed by atoms with Crippen molar-refractivity contribution in [3.63, 3.8) is 0 Å². The zero-order valence-electron chi connectivity index (χ0n) is 14.4. The summed E-state index contributed by atoms with van der Waals surface area (Å²) in [6.07, 6.45) is 4.35. The Kier molecular flexibility index (Phi) is 5.46. The average molecular weight is 374 g/mol. The molecule has 1 fully saturated rings. The Hall–Kier alpha value is -2.54. The molecule has 0 saturated carbocycles. The van der Waals surface area contributed by atoms with E-state index in [1.54, 1.807) is 30.3 Å². The Morgan fingerprint density at radius 1 is 0.962 bits per heavy atom. The molecule has 0 bridgehead atoms. The van der Waals surface area contributed by atoms with Crippen LogP contribution in [0.2, 0.25) is 0 Å². The van der Waals surface area contributed by atoms with Crippen LogP contribution in [0.1, 0.15) is 36.0 Å². The predicted molar refractivity (Wildman–Crippen MR) is 101 cm³/mol. The lowest BCUT2D eigenvalue weighted by molar-refractivity contribution is 0.0697. The van der Waals surface area contributed by atoms with Crippen LogP contribution in [-0.4, -0.2) is 32.6 Å². The Balaban J connectivity index is 1.90. The first-order chi connectivity index (χ1) is 12.5. The van der Waals surface area contributed by atoms with Crippen molar-refractivity contribution in [2.75, 3.05) is 22.7 Å². The molecule has 6 nitrogen and oxygen atoms in total. The van der Waals surface area contributed by atoms with Gasteiger partial charge >= 0.3 is 5.97 Å². The quantitative estimate of drug-likeness (QED) is 0.835. The molecule has 0 aliphatic carbocycles.